The minimum atomic E-state index is -0.369. The summed E-state index contributed by atoms with van der Waals surface area (Å²) in [5.74, 6) is -0.0906. The molecule has 1 saturated heterocycles. The van der Waals surface area contributed by atoms with E-state index in [1.54, 1.807) is 6.07 Å². The van der Waals surface area contributed by atoms with Crippen molar-refractivity contribution in [2.24, 2.45) is 5.92 Å². The van der Waals surface area contributed by atoms with Crippen molar-refractivity contribution in [2.45, 2.75) is 31.5 Å². The van der Waals surface area contributed by atoms with Crippen molar-refractivity contribution in [1.82, 2.24) is 4.90 Å². The van der Waals surface area contributed by atoms with Crippen LogP contribution in [0.3, 0.4) is 0 Å². The number of methoxy groups -OCH3 is 1. The first-order valence-electron chi connectivity index (χ1n) is 9.55. The molecule has 5 nitrogen and oxygen atoms in total. The number of hydrogen-bond donors (Lipinski definition) is 1. The highest BCUT2D eigenvalue weighted by Crippen LogP contribution is 2.48. The quantitative estimate of drug-likeness (QED) is 0.634. The molecule has 0 unspecified atom stereocenters. The van der Waals surface area contributed by atoms with Crippen molar-refractivity contribution in [1.29, 1.82) is 0 Å². The molecule has 2 aromatic rings. The van der Waals surface area contributed by atoms with Gasteiger partial charge in [-0.15, -0.1) is 6.58 Å². The Morgan fingerprint density at radius 3 is 2.79 bits per heavy atom. The van der Waals surface area contributed by atoms with Crippen molar-refractivity contribution in [3.05, 3.63) is 77.9 Å². The topological polar surface area (TPSA) is 58.6 Å². The number of hydrogen-bond acceptors (Lipinski definition) is 4. The molecule has 1 fully saturated rings. The van der Waals surface area contributed by atoms with Crippen LogP contribution in [-0.2, 0) is 16.1 Å². The molecule has 2 heterocycles. The molecule has 2 aliphatic heterocycles. The second-order valence-electron chi connectivity index (χ2n) is 7.39. The van der Waals surface area contributed by atoms with Gasteiger partial charge < -0.3 is 15.0 Å². The minimum absolute atomic E-state index is 0.0708. The molecular formula is C23H24N2O3. The number of nitrogens with zero attached hydrogens (tertiary/aromatic N) is 1. The van der Waals surface area contributed by atoms with E-state index in [0.717, 1.165) is 23.2 Å². The number of carbonyl (C=O) groups is 2. The smallest absolute Gasteiger partial charge is 0.337 e. The summed E-state index contributed by atoms with van der Waals surface area (Å²) in [7, 11) is 1.38. The van der Waals surface area contributed by atoms with Gasteiger partial charge in [-0.2, -0.15) is 0 Å². The molecule has 3 atom stereocenters. The van der Waals surface area contributed by atoms with Crippen LogP contribution in [0.2, 0.25) is 0 Å². The summed E-state index contributed by atoms with van der Waals surface area (Å²) in [5.41, 5.74) is 3.55. The van der Waals surface area contributed by atoms with E-state index in [2.05, 4.69) is 11.9 Å². The fourth-order valence-corrected chi connectivity index (χ4v) is 4.45. The molecule has 0 aliphatic carbocycles. The number of amides is 1. The van der Waals surface area contributed by atoms with Gasteiger partial charge in [0, 0.05) is 30.6 Å². The molecule has 144 valence electrons. The lowest BCUT2D eigenvalue weighted by Crippen LogP contribution is -2.39. The van der Waals surface area contributed by atoms with Crippen LogP contribution >= 0.6 is 0 Å². The minimum Gasteiger partial charge on any atom is -0.465 e. The van der Waals surface area contributed by atoms with Crippen LogP contribution in [0, 0.1) is 5.92 Å². The van der Waals surface area contributed by atoms with Crippen molar-refractivity contribution >= 4 is 17.6 Å². The molecule has 0 bridgehead atoms. The highest BCUT2D eigenvalue weighted by Gasteiger charge is 2.47. The number of esters is 1. The highest BCUT2D eigenvalue weighted by molar-refractivity contribution is 5.91. The molecular weight excluding hydrogens is 352 g/mol. The van der Waals surface area contributed by atoms with E-state index >= 15 is 0 Å². The maximum Gasteiger partial charge on any atom is 0.337 e. The fraction of sp³-hybridized carbons (Fsp3) is 0.304. The summed E-state index contributed by atoms with van der Waals surface area (Å²) in [5, 5.41) is 3.56. The predicted octanol–water partition coefficient (Wildman–Crippen LogP) is 3.93. The Morgan fingerprint density at radius 2 is 2.07 bits per heavy atom. The summed E-state index contributed by atoms with van der Waals surface area (Å²) in [4.78, 5) is 27.0. The molecule has 0 spiro atoms. The van der Waals surface area contributed by atoms with E-state index in [1.165, 1.54) is 7.11 Å². The van der Waals surface area contributed by atoms with Crippen molar-refractivity contribution in [3.63, 3.8) is 0 Å². The van der Waals surface area contributed by atoms with Crippen LogP contribution in [-0.4, -0.2) is 29.9 Å². The highest BCUT2D eigenvalue weighted by atomic mass is 16.5. The summed E-state index contributed by atoms with van der Waals surface area (Å²) < 4.78 is 4.89. The van der Waals surface area contributed by atoms with E-state index < -0.39 is 0 Å². The lowest BCUT2D eigenvalue weighted by molar-refractivity contribution is -0.129. The summed E-state index contributed by atoms with van der Waals surface area (Å²) in [6, 6.07) is 15.6. The van der Waals surface area contributed by atoms with E-state index in [9.17, 15) is 9.59 Å². The Bertz CT molecular complexity index is 909. The lowest BCUT2D eigenvalue weighted by Gasteiger charge is -2.39. The number of fused-ring (bicyclic) bond motifs is 3. The summed E-state index contributed by atoms with van der Waals surface area (Å²) in [6.07, 6.45) is 3.17. The third-order valence-corrected chi connectivity index (χ3v) is 5.74. The first-order chi connectivity index (χ1) is 13.6. The Morgan fingerprint density at radius 1 is 1.29 bits per heavy atom. The van der Waals surface area contributed by atoms with Gasteiger partial charge in [0.2, 0.25) is 5.91 Å². The van der Waals surface area contributed by atoms with Gasteiger partial charge in [0.1, 0.15) is 0 Å². The molecule has 4 rings (SSSR count). The Labute approximate surface area is 165 Å². The van der Waals surface area contributed by atoms with Gasteiger partial charge in [0.15, 0.2) is 0 Å². The van der Waals surface area contributed by atoms with Crippen molar-refractivity contribution < 1.29 is 14.3 Å². The first kappa shape index (κ1) is 18.3. The zero-order chi connectivity index (χ0) is 19.7. The third-order valence-electron chi connectivity index (χ3n) is 5.74. The zero-order valence-corrected chi connectivity index (χ0v) is 15.9. The van der Waals surface area contributed by atoms with E-state index in [4.69, 9.17) is 4.74 Å². The molecule has 5 heteroatoms. The normalized spacial score (nSPS) is 22.8. The van der Waals surface area contributed by atoms with E-state index in [-0.39, 0.29) is 29.9 Å². The monoisotopic (exact) mass is 376 g/mol. The van der Waals surface area contributed by atoms with Crippen LogP contribution in [0.25, 0.3) is 0 Å². The van der Waals surface area contributed by atoms with Crippen LogP contribution in [0.5, 0.6) is 0 Å². The molecule has 0 radical (unpaired) electrons. The second-order valence-corrected chi connectivity index (χ2v) is 7.39. The van der Waals surface area contributed by atoms with Crippen molar-refractivity contribution in [3.8, 4) is 0 Å². The second kappa shape index (κ2) is 7.50. The van der Waals surface area contributed by atoms with Gasteiger partial charge in [-0.05, 0) is 35.7 Å². The number of carbonyl (C=O) groups excluding carboxylic acids is 2. The average molecular weight is 376 g/mol. The Balaban J connectivity index is 1.76. The fourth-order valence-electron chi connectivity index (χ4n) is 4.45. The summed E-state index contributed by atoms with van der Waals surface area (Å²) >= 11 is 0. The van der Waals surface area contributed by atoms with Crippen LogP contribution in [0.15, 0.2) is 61.2 Å². The number of rotatable bonds is 5. The zero-order valence-electron chi connectivity index (χ0n) is 15.9. The van der Waals surface area contributed by atoms with Gasteiger partial charge in [-0.3, -0.25) is 4.79 Å². The SMILES string of the molecule is C=CC[C@@H]1Nc2ccc(C(=O)OC)cc2[C@@H]2[C@H]1CC(=O)N2Cc1ccccc1. The maximum absolute atomic E-state index is 13.0. The Hall–Kier alpha value is -3.08. The van der Waals surface area contributed by atoms with Gasteiger partial charge in [0.25, 0.3) is 0 Å². The average Bonchev–Trinajstić information content (AvgIpc) is 3.05. The maximum atomic E-state index is 13.0. The molecule has 0 aromatic heterocycles. The molecule has 2 aliphatic rings. The van der Waals surface area contributed by atoms with E-state index in [0.29, 0.717) is 18.5 Å². The number of ether oxygens (including phenoxy) is 1. The number of anilines is 1. The van der Waals surface area contributed by atoms with Gasteiger partial charge >= 0.3 is 5.97 Å². The third kappa shape index (κ3) is 3.17. The summed E-state index contributed by atoms with van der Waals surface area (Å²) in [6.45, 7) is 4.44. The Kier molecular flexibility index (Phi) is 4.90. The number of nitrogens with one attached hydrogen (secondary N) is 1. The van der Waals surface area contributed by atoms with Gasteiger partial charge in [0.05, 0.1) is 18.7 Å². The van der Waals surface area contributed by atoms with E-state index in [1.807, 2.05) is 53.4 Å². The lowest BCUT2D eigenvalue weighted by atomic mass is 9.81. The standard InChI is InChI=1S/C23H24N2O3/c1-3-7-19-18-13-21(26)25(14-15-8-5-4-6-9-15)22(18)17-12-16(23(27)28-2)10-11-20(17)24-19/h3-6,8-12,18-19,22,24H,1,7,13-14H2,2H3/t18-,19-,22+/m0/s1. The van der Waals surface area contributed by atoms with Crippen LogP contribution in [0.4, 0.5) is 5.69 Å². The first-order valence-corrected chi connectivity index (χ1v) is 9.55. The van der Waals surface area contributed by atoms with Gasteiger partial charge in [-0.25, -0.2) is 4.79 Å². The van der Waals surface area contributed by atoms with Crippen LogP contribution < -0.4 is 5.32 Å². The van der Waals surface area contributed by atoms with Gasteiger partial charge in [-0.1, -0.05) is 36.4 Å². The molecule has 0 saturated carbocycles. The number of benzene rings is 2. The molecule has 1 N–H and O–H groups in total. The molecule has 28 heavy (non-hydrogen) atoms. The van der Waals surface area contributed by atoms with Crippen molar-refractivity contribution in [2.75, 3.05) is 12.4 Å². The number of likely N-dealkylation sites (tertiary alicyclic amines) is 1. The largest absolute Gasteiger partial charge is 0.465 e. The van der Waals surface area contributed by atoms with Crippen LogP contribution in [0.1, 0.15) is 40.4 Å². The predicted molar refractivity (Wildman–Crippen MR) is 108 cm³/mol. The molecule has 1 amide bonds. The molecule has 2 aromatic carbocycles.